The first-order valence-electron chi connectivity index (χ1n) is 9.31. The predicted octanol–water partition coefficient (Wildman–Crippen LogP) is 3.52. The highest BCUT2D eigenvalue weighted by Gasteiger charge is 2.25. The Morgan fingerprint density at radius 2 is 2.07 bits per heavy atom. The van der Waals surface area contributed by atoms with E-state index in [4.69, 9.17) is 0 Å². The fraction of sp³-hybridized carbons (Fsp3) is 0.350. The lowest BCUT2D eigenvalue weighted by Gasteiger charge is -2.29. The third-order valence-electron chi connectivity index (χ3n) is 5.09. The van der Waals surface area contributed by atoms with E-state index in [9.17, 15) is 9.59 Å². The monoisotopic (exact) mass is 395 g/mol. The maximum Gasteiger partial charge on any atom is 0.252 e. The minimum absolute atomic E-state index is 0.00915. The second-order valence-electron chi connectivity index (χ2n) is 7.04. The van der Waals surface area contributed by atoms with Gasteiger partial charge in [-0.15, -0.1) is 11.3 Å². The second kappa shape index (κ2) is 8.02. The summed E-state index contributed by atoms with van der Waals surface area (Å²) >= 11 is 1.32. The second-order valence-corrected chi connectivity index (χ2v) is 7.95. The van der Waals surface area contributed by atoms with Gasteiger partial charge in [0, 0.05) is 29.4 Å². The minimum atomic E-state index is -0.0997. The van der Waals surface area contributed by atoms with Crippen LogP contribution in [0.4, 0.5) is 0 Å². The number of thiophene rings is 1. The Bertz CT molecular complexity index is 973. The highest BCUT2D eigenvalue weighted by Crippen LogP contribution is 2.29. The molecule has 0 unspecified atom stereocenters. The maximum absolute atomic E-state index is 12.4. The average Bonchev–Trinajstić information content (AvgIpc) is 3.39. The highest BCUT2D eigenvalue weighted by molar-refractivity contribution is 7.12. The van der Waals surface area contributed by atoms with Crippen LogP contribution >= 0.6 is 11.3 Å². The van der Waals surface area contributed by atoms with Crippen LogP contribution in [0.3, 0.4) is 0 Å². The number of aromatic nitrogens is 4. The van der Waals surface area contributed by atoms with Crippen molar-refractivity contribution in [2.75, 3.05) is 0 Å². The lowest BCUT2D eigenvalue weighted by Crippen LogP contribution is -2.37. The molecule has 8 heteroatoms. The summed E-state index contributed by atoms with van der Waals surface area (Å²) in [5, 5.41) is 9.35. The molecule has 1 fully saturated rings. The van der Waals surface area contributed by atoms with Crippen LogP contribution in [-0.4, -0.2) is 37.5 Å². The zero-order valence-electron chi connectivity index (χ0n) is 15.5. The third-order valence-corrected chi connectivity index (χ3v) is 6.12. The Balaban J connectivity index is 1.33. The highest BCUT2D eigenvalue weighted by atomic mass is 32.1. The number of Topliss-reactive ketones (excluding diaryl/α,β-unsaturated/α-hetero) is 1. The summed E-state index contributed by atoms with van der Waals surface area (Å²) in [6.45, 7) is 1.51. The summed E-state index contributed by atoms with van der Waals surface area (Å²) in [6, 6.07) is 4.03. The van der Waals surface area contributed by atoms with Gasteiger partial charge in [-0.25, -0.2) is 9.97 Å². The quantitative estimate of drug-likeness (QED) is 0.668. The zero-order chi connectivity index (χ0) is 19.5. The molecular weight excluding hydrogens is 374 g/mol. The molecule has 144 valence electrons. The van der Waals surface area contributed by atoms with Crippen LogP contribution in [0.2, 0.25) is 0 Å². The molecule has 0 saturated heterocycles. The SMILES string of the molecule is CC(=O)c1cc(C(=O)NC2CCC(n3cc(-c4ccncn4)cn3)CC2)cs1. The van der Waals surface area contributed by atoms with Gasteiger partial charge in [0.25, 0.3) is 5.91 Å². The smallest absolute Gasteiger partial charge is 0.252 e. The molecule has 0 aliphatic heterocycles. The van der Waals surface area contributed by atoms with Gasteiger partial charge >= 0.3 is 0 Å². The van der Waals surface area contributed by atoms with Gasteiger partial charge in [-0.2, -0.15) is 5.10 Å². The van der Waals surface area contributed by atoms with E-state index < -0.39 is 0 Å². The van der Waals surface area contributed by atoms with Gasteiger partial charge in [0.1, 0.15) is 6.33 Å². The summed E-state index contributed by atoms with van der Waals surface area (Å²) < 4.78 is 2.01. The van der Waals surface area contributed by atoms with Crippen molar-refractivity contribution in [1.29, 1.82) is 0 Å². The molecule has 1 saturated carbocycles. The van der Waals surface area contributed by atoms with Gasteiger partial charge in [0.05, 0.1) is 28.4 Å². The Kier molecular flexibility index (Phi) is 5.29. The van der Waals surface area contributed by atoms with Gasteiger partial charge in [-0.05, 0) is 44.7 Å². The summed E-state index contributed by atoms with van der Waals surface area (Å²) in [7, 11) is 0. The molecule has 0 atom stereocenters. The number of rotatable bonds is 5. The molecule has 0 spiro atoms. The van der Waals surface area contributed by atoms with Crippen molar-refractivity contribution in [3.05, 3.63) is 52.9 Å². The number of nitrogens with zero attached hydrogens (tertiary/aromatic N) is 4. The number of amides is 1. The maximum atomic E-state index is 12.4. The topological polar surface area (TPSA) is 89.8 Å². The number of hydrogen-bond acceptors (Lipinski definition) is 6. The summed E-state index contributed by atoms with van der Waals surface area (Å²) in [6.07, 6.45) is 10.8. The first kappa shape index (κ1) is 18.5. The van der Waals surface area contributed by atoms with Crippen LogP contribution < -0.4 is 5.32 Å². The summed E-state index contributed by atoms with van der Waals surface area (Å²) in [4.78, 5) is 32.6. The molecule has 4 rings (SSSR count). The molecule has 28 heavy (non-hydrogen) atoms. The van der Waals surface area contributed by atoms with Crippen LogP contribution in [0.25, 0.3) is 11.3 Å². The molecule has 7 nitrogen and oxygen atoms in total. The Labute approximate surface area is 166 Å². The molecule has 1 aliphatic carbocycles. The first-order chi connectivity index (χ1) is 13.6. The van der Waals surface area contributed by atoms with Crippen molar-refractivity contribution >= 4 is 23.0 Å². The molecule has 1 N–H and O–H groups in total. The van der Waals surface area contributed by atoms with Gasteiger partial charge in [-0.1, -0.05) is 0 Å². The fourth-order valence-corrected chi connectivity index (χ4v) is 4.31. The zero-order valence-corrected chi connectivity index (χ0v) is 16.4. The lowest BCUT2D eigenvalue weighted by molar-refractivity contribution is 0.0922. The standard InChI is InChI=1S/C20H21N5O2S/c1-13(26)19-8-14(11-28-19)20(27)24-16-2-4-17(5-3-16)25-10-15(9-23-25)18-6-7-21-12-22-18/h6-12,16-17H,2-5H2,1H3,(H,24,27). The molecule has 3 aromatic heterocycles. The van der Waals surface area contributed by atoms with Crippen LogP contribution in [0.15, 0.2) is 42.4 Å². The lowest BCUT2D eigenvalue weighted by atomic mass is 9.91. The molecule has 1 amide bonds. The predicted molar refractivity (Wildman–Crippen MR) is 106 cm³/mol. The van der Waals surface area contributed by atoms with Gasteiger partial charge < -0.3 is 5.32 Å². The molecule has 0 radical (unpaired) electrons. The number of ketones is 1. The van der Waals surface area contributed by atoms with Crippen molar-refractivity contribution in [3.63, 3.8) is 0 Å². The van der Waals surface area contributed by atoms with Crippen molar-refractivity contribution in [1.82, 2.24) is 25.1 Å². The molecule has 3 heterocycles. The van der Waals surface area contributed by atoms with E-state index in [0.29, 0.717) is 16.5 Å². The Morgan fingerprint density at radius 1 is 1.25 bits per heavy atom. The molecule has 0 bridgehead atoms. The van der Waals surface area contributed by atoms with Crippen LogP contribution in [0, 0.1) is 0 Å². The van der Waals surface area contributed by atoms with Gasteiger partial charge in [-0.3, -0.25) is 14.3 Å². The average molecular weight is 395 g/mol. The molecule has 3 aromatic rings. The van der Waals surface area contributed by atoms with E-state index in [1.165, 1.54) is 24.6 Å². The van der Waals surface area contributed by atoms with Gasteiger partial charge in [0.2, 0.25) is 0 Å². The van der Waals surface area contributed by atoms with E-state index in [-0.39, 0.29) is 17.7 Å². The molecule has 1 aliphatic rings. The van der Waals surface area contributed by atoms with Crippen molar-refractivity contribution in [2.24, 2.45) is 0 Å². The Hall–Kier alpha value is -2.87. The fourth-order valence-electron chi connectivity index (χ4n) is 3.52. The van der Waals surface area contributed by atoms with E-state index in [1.54, 1.807) is 17.6 Å². The number of carbonyl (C=O) groups is 2. The Morgan fingerprint density at radius 3 is 2.75 bits per heavy atom. The van der Waals surface area contributed by atoms with E-state index in [1.807, 2.05) is 23.1 Å². The number of hydrogen-bond donors (Lipinski definition) is 1. The molecule has 0 aromatic carbocycles. The molecular formula is C20H21N5O2S. The van der Waals surface area contributed by atoms with Crippen molar-refractivity contribution in [3.8, 4) is 11.3 Å². The van der Waals surface area contributed by atoms with E-state index >= 15 is 0 Å². The van der Waals surface area contributed by atoms with Crippen LogP contribution in [0.1, 0.15) is 58.7 Å². The van der Waals surface area contributed by atoms with Gasteiger partial charge in [0.15, 0.2) is 5.78 Å². The van der Waals surface area contributed by atoms with E-state index in [2.05, 4.69) is 20.4 Å². The van der Waals surface area contributed by atoms with E-state index in [0.717, 1.165) is 36.9 Å². The minimum Gasteiger partial charge on any atom is -0.349 e. The van der Waals surface area contributed by atoms with Crippen LogP contribution in [0.5, 0.6) is 0 Å². The first-order valence-corrected chi connectivity index (χ1v) is 10.2. The van der Waals surface area contributed by atoms with Crippen molar-refractivity contribution in [2.45, 2.75) is 44.7 Å². The third kappa shape index (κ3) is 4.01. The largest absolute Gasteiger partial charge is 0.349 e. The summed E-state index contributed by atoms with van der Waals surface area (Å²) in [5.41, 5.74) is 2.42. The number of nitrogens with one attached hydrogen (secondary N) is 1. The number of carbonyl (C=O) groups excluding carboxylic acids is 2. The normalized spacial score (nSPS) is 19.3. The van der Waals surface area contributed by atoms with Crippen molar-refractivity contribution < 1.29 is 9.59 Å². The van der Waals surface area contributed by atoms with Crippen LogP contribution in [-0.2, 0) is 0 Å². The summed E-state index contributed by atoms with van der Waals surface area (Å²) in [5.74, 6) is -0.109.